The van der Waals surface area contributed by atoms with Gasteiger partial charge in [0.1, 0.15) is 11.2 Å². The maximum absolute atomic E-state index is 6.67. The quantitative estimate of drug-likeness (QED) is 0.183. The summed E-state index contributed by atoms with van der Waals surface area (Å²) in [5.74, 6) is 0. The van der Waals surface area contributed by atoms with Crippen LogP contribution in [-0.2, 0) is 5.41 Å². The number of furan rings is 1. The SMILES string of the molecule is Cc1ccc2c(c1)oc1c3ccc(N(c4ccc5ccccc5c4)C4C=C5C(=CC4)c4ccccc4C5(C)C)cc3c3ccccc3c21. The second-order valence-corrected chi connectivity index (χ2v) is 14.2. The first-order chi connectivity index (χ1) is 23.5. The number of fused-ring (bicyclic) bond motifs is 12. The van der Waals surface area contributed by atoms with E-state index >= 15 is 0 Å². The fraction of sp³-hybridized carbons (Fsp3) is 0.130. The van der Waals surface area contributed by atoms with Crippen molar-refractivity contribution in [3.05, 3.63) is 162 Å². The predicted octanol–water partition coefficient (Wildman–Crippen LogP) is 12.6. The molecule has 7 aromatic carbocycles. The lowest BCUT2D eigenvalue weighted by molar-refractivity contribution is 0.644. The molecule has 0 spiro atoms. The molecule has 1 heterocycles. The van der Waals surface area contributed by atoms with Crippen LogP contribution < -0.4 is 4.90 Å². The van der Waals surface area contributed by atoms with Gasteiger partial charge < -0.3 is 9.32 Å². The van der Waals surface area contributed by atoms with E-state index < -0.39 is 0 Å². The second kappa shape index (κ2) is 9.95. The maximum atomic E-state index is 6.67. The smallest absolute Gasteiger partial charge is 0.143 e. The van der Waals surface area contributed by atoms with Crippen LogP contribution in [0.3, 0.4) is 0 Å². The van der Waals surface area contributed by atoms with Crippen molar-refractivity contribution in [3.63, 3.8) is 0 Å². The Labute approximate surface area is 280 Å². The van der Waals surface area contributed by atoms with Gasteiger partial charge in [0.15, 0.2) is 0 Å². The third-order valence-electron chi connectivity index (χ3n) is 11.0. The molecule has 8 aromatic rings. The van der Waals surface area contributed by atoms with Crippen LogP contribution in [0.1, 0.15) is 37.0 Å². The predicted molar refractivity (Wildman–Crippen MR) is 203 cm³/mol. The summed E-state index contributed by atoms with van der Waals surface area (Å²) >= 11 is 0. The first kappa shape index (κ1) is 27.5. The lowest BCUT2D eigenvalue weighted by Crippen LogP contribution is -2.32. The molecule has 0 saturated heterocycles. The largest absolute Gasteiger partial charge is 0.455 e. The van der Waals surface area contributed by atoms with Crippen LogP contribution in [0.4, 0.5) is 11.4 Å². The molecule has 2 aliphatic carbocycles. The Morgan fingerprint density at radius 2 is 1.38 bits per heavy atom. The summed E-state index contributed by atoms with van der Waals surface area (Å²) in [6, 6.07) is 47.0. The number of hydrogen-bond donors (Lipinski definition) is 0. The van der Waals surface area contributed by atoms with Gasteiger partial charge in [0, 0.05) is 32.9 Å². The standard InChI is InChI=1S/C46H35NO/c1-28-16-21-39-43(24-28)48-45-38-23-20-32(26-40(38)34-12-6-7-14-37(34)44(39)45)47(31-18-17-29-10-4-5-11-30(29)25-31)33-19-22-36-35-13-8-9-15-41(35)46(2,3)42(36)27-33/h4-18,20-27,33H,19H2,1-3H3. The van der Waals surface area contributed by atoms with E-state index in [4.69, 9.17) is 4.42 Å². The van der Waals surface area contributed by atoms with Crippen molar-refractivity contribution >= 4 is 71.2 Å². The summed E-state index contributed by atoms with van der Waals surface area (Å²) in [5.41, 5.74) is 11.1. The van der Waals surface area contributed by atoms with E-state index in [-0.39, 0.29) is 11.5 Å². The molecule has 1 atom stereocenters. The summed E-state index contributed by atoms with van der Waals surface area (Å²) in [6.45, 7) is 6.88. The van der Waals surface area contributed by atoms with E-state index in [1.807, 2.05) is 0 Å². The molecule has 2 heteroatoms. The number of benzene rings is 7. The van der Waals surface area contributed by atoms with E-state index in [2.05, 4.69) is 165 Å². The van der Waals surface area contributed by atoms with Crippen LogP contribution in [0.25, 0.3) is 59.8 Å². The number of hydrogen-bond acceptors (Lipinski definition) is 2. The van der Waals surface area contributed by atoms with E-state index in [0.29, 0.717) is 0 Å². The minimum Gasteiger partial charge on any atom is -0.455 e. The third kappa shape index (κ3) is 3.86. The molecule has 0 fully saturated rings. The van der Waals surface area contributed by atoms with Gasteiger partial charge in [-0.05, 0) is 105 Å². The number of anilines is 2. The lowest BCUT2D eigenvalue weighted by atomic mass is 9.79. The number of rotatable bonds is 3. The van der Waals surface area contributed by atoms with Crippen LogP contribution in [0, 0.1) is 6.92 Å². The second-order valence-electron chi connectivity index (χ2n) is 14.2. The Morgan fingerprint density at radius 3 is 2.27 bits per heavy atom. The topological polar surface area (TPSA) is 16.4 Å². The van der Waals surface area contributed by atoms with E-state index in [0.717, 1.165) is 23.0 Å². The molecule has 48 heavy (non-hydrogen) atoms. The van der Waals surface area contributed by atoms with Crippen molar-refractivity contribution in [2.24, 2.45) is 0 Å². The molecule has 1 aromatic heterocycles. The number of aryl methyl sites for hydroxylation is 1. The molecule has 0 amide bonds. The zero-order valence-corrected chi connectivity index (χ0v) is 27.4. The number of nitrogens with zero attached hydrogens (tertiary/aromatic N) is 1. The van der Waals surface area contributed by atoms with Gasteiger partial charge in [-0.1, -0.05) is 117 Å². The van der Waals surface area contributed by atoms with Gasteiger partial charge in [-0.3, -0.25) is 0 Å². The van der Waals surface area contributed by atoms with Gasteiger partial charge in [0.05, 0.1) is 6.04 Å². The summed E-state index contributed by atoms with van der Waals surface area (Å²) in [6.07, 6.45) is 5.96. The van der Waals surface area contributed by atoms with Crippen LogP contribution in [0.2, 0.25) is 0 Å². The summed E-state index contributed by atoms with van der Waals surface area (Å²) < 4.78 is 6.67. The minimum atomic E-state index is -0.0546. The Morgan fingerprint density at radius 1 is 0.646 bits per heavy atom. The molecular formula is C46H35NO. The molecule has 0 aliphatic heterocycles. The lowest BCUT2D eigenvalue weighted by Gasteiger charge is -2.36. The molecule has 2 nitrogen and oxygen atoms in total. The average molecular weight is 618 g/mol. The molecule has 0 N–H and O–H groups in total. The van der Waals surface area contributed by atoms with Crippen molar-refractivity contribution in [2.45, 2.75) is 38.6 Å². The van der Waals surface area contributed by atoms with E-state index in [9.17, 15) is 0 Å². The van der Waals surface area contributed by atoms with E-state index in [1.54, 1.807) is 0 Å². The molecule has 0 saturated carbocycles. The Hall–Kier alpha value is -5.60. The molecule has 0 bridgehead atoms. The van der Waals surface area contributed by atoms with Gasteiger partial charge in [-0.15, -0.1) is 0 Å². The highest BCUT2D eigenvalue weighted by atomic mass is 16.3. The molecule has 10 rings (SSSR count). The van der Waals surface area contributed by atoms with Crippen LogP contribution in [0.15, 0.2) is 150 Å². The summed E-state index contributed by atoms with van der Waals surface area (Å²) in [5, 5.41) is 9.72. The average Bonchev–Trinajstić information content (AvgIpc) is 3.60. The molecule has 2 aliphatic rings. The fourth-order valence-electron chi connectivity index (χ4n) is 8.65. The van der Waals surface area contributed by atoms with Gasteiger partial charge in [0.2, 0.25) is 0 Å². The van der Waals surface area contributed by atoms with Crippen LogP contribution in [-0.4, -0.2) is 6.04 Å². The molecule has 0 radical (unpaired) electrons. The van der Waals surface area contributed by atoms with Crippen molar-refractivity contribution < 1.29 is 4.42 Å². The maximum Gasteiger partial charge on any atom is 0.143 e. The fourth-order valence-corrected chi connectivity index (χ4v) is 8.65. The first-order valence-corrected chi connectivity index (χ1v) is 17.0. The van der Waals surface area contributed by atoms with Gasteiger partial charge in [-0.2, -0.15) is 0 Å². The number of allylic oxidation sites excluding steroid dienone is 2. The molecular weight excluding hydrogens is 583 g/mol. The van der Waals surface area contributed by atoms with Gasteiger partial charge in [0.25, 0.3) is 0 Å². The Kier molecular flexibility index (Phi) is 5.70. The highest BCUT2D eigenvalue weighted by molar-refractivity contribution is 6.30. The molecule has 1 unspecified atom stereocenters. The summed E-state index contributed by atoms with van der Waals surface area (Å²) in [7, 11) is 0. The highest BCUT2D eigenvalue weighted by Gasteiger charge is 2.40. The Balaban J connectivity index is 1.21. The zero-order chi connectivity index (χ0) is 32.1. The van der Waals surface area contributed by atoms with Crippen molar-refractivity contribution in [1.82, 2.24) is 0 Å². The highest BCUT2D eigenvalue weighted by Crippen LogP contribution is 2.52. The minimum absolute atomic E-state index is 0.0546. The first-order valence-electron chi connectivity index (χ1n) is 17.0. The Bertz CT molecular complexity index is 2700. The van der Waals surface area contributed by atoms with Crippen molar-refractivity contribution in [3.8, 4) is 0 Å². The summed E-state index contributed by atoms with van der Waals surface area (Å²) in [4.78, 5) is 2.56. The van der Waals surface area contributed by atoms with Crippen LogP contribution in [0.5, 0.6) is 0 Å². The van der Waals surface area contributed by atoms with Crippen LogP contribution >= 0.6 is 0 Å². The van der Waals surface area contributed by atoms with Crippen molar-refractivity contribution in [2.75, 3.05) is 4.90 Å². The molecule has 230 valence electrons. The zero-order valence-electron chi connectivity index (χ0n) is 27.4. The monoisotopic (exact) mass is 617 g/mol. The van der Waals surface area contributed by atoms with E-state index in [1.165, 1.54) is 76.9 Å². The normalized spacial score (nSPS) is 16.8. The van der Waals surface area contributed by atoms with Gasteiger partial charge in [-0.25, -0.2) is 0 Å². The van der Waals surface area contributed by atoms with Gasteiger partial charge >= 0.3 is 0 Å². The van der Waals surface area contributed by atoms with Crippen molar-refractivity contribution in [1.29, 1.82) is 0 Å². The third-order valence-corrected chi connectivity index (χ3v) is 11.0.